The number of rotatable bonds is 2. The highest BCUT2D eigenvalue weighted by Gasteiger charge is 2.93. The van der Waals surface area contributed by atoms with Gasteiger partial charge in [0.25, 0.3) is 0 Å². The quantitative estimate of drug-likeness (QED) is 0.283. The molecule has 172 valence electrons. The lowest BCUT2D eigenvalue weighted by atomic mass is 9.57. The first-order valence-corrected chi connectivity index (χ1v) is 13.2. The summed E-state index contributed by atoms with van der Waals surface area (Å²) in [6.45, 7) is 0. The molecule has 0 amide bonds. The summed E-state index contributed by atoms with van der Waals surface area (Å²) < 4.78 is 5.65. The van der Waals surface area contributed by atoms with E-state index in [4.69, 9.17) is 74.3 Å². The second-order valence-electron chi connectivity index (χ2n) is 9.43. The first-order valence-electron chi connectivity index (χ1n) is 10.9. The Bertz CT molecular complexity index is 1290. The van der Waals surface area contributed by atoms with Gasteiger partial charge >= 0.3 is 0 Å². The molecule has 7 rings (SSSR count). The van der Waals surface area contributed by atoms with Crippen molar-refractivity contribution in [1.29, 1.82) is 0 Å². The summed E-state index contributed by atoms with van der Waals surface area (Å²) in [6, 6.07) is 28.2. The van der Waals surface area contributed by atoms with Gasteiger partial charge in [-0.15, -0.1) is 23.2 Å². The van der Waals surface area contributed by atoms with Crippen molar-refractivity contribution >= 4 is 69.6 Å². The fourth-order valence-corrected chi connectivity index (χ4v) is 10.2. The predicted molar refractivity (Wildman–Crippen MR) is 139 cm³/mol. The molecule has 0 N–H and O–H groups in total. The van der Waals surface area contributed by atoms with Crippen LogP contribution in [0.3, 0.4) is 0 Å². The molecule has 2 fully saturated rings. The predicted octanol–water partition coefficient (Wildman–Crippen LogP) is 8.30. The molecule has 1 saturated carbocycles. The minimum atomic E-state index is -1.68. The van der Waals surface area contributed by atoms with Gasteiger partial charge in [0.2, 0.25) is 0 Å². The van der Waals surface area contributed by atoms with E-state index in [9.17, 15) is 0 Å². The van der Waals surface area contributed by atoms with E-state index in [0.29, 0.717) is 0 Å². The summed E-state index contributed by atoms with van der Waals surface area (Å²) in [7, 11) is 0. The number of benzene rings is 3. The zero-order chi connectivity index (χ0) is 23.7. The topological polar surface area (TPSA) is 9.23 Å². The molecule has 2 aliphatic carbocycles. The van der Waals surface area contributed by atoms with Crippen LogP contribution in [0.15, 0.2) is 95.0 Å². The van der Waals surface area contributed by atoms with Gasteiger partial charge in [0.15, 0.2) is 4.33 Å². The Balaban J connectivity index is 1.68. The second-order valence-corrected chi connectivity index (χ2v) is 12.7. The van der Waals surface area contributed by atoms with Crippen LogP contribution in [0, 0.1) is 11.8 Å². The zero-order valence-corrected chi connectivity index (χ0v) is 21.9. The third-order valence-corrected chi connectivity index (χ3v) is 12.5. The number of hydrogen-bond donors (Lipinski definition) is 0. The highest BCUT2D eigenvalue weighted by molar-refractivity contribution is 6.65. The number of ether oxygens (including phenoxy) is 1. The first kappa shape index (κ1) is 22.3. The average Bonchev–Trinajstić information content (AvgIpc) is 3.44. The molecule has 0 spiro atoms. The van der Waals surface area contributed by atoms with Gasteiger partial charge in [-0.1, -0.05) is 131 Å². The molecular weight excluding hydrogens is 553 g/mol. The van der Waals surface area contributed by atoms with E-state index in [1.165, 1.54) is 0 Å². The largest absolute Gasteiger partial charge is 0.349 e. The highest BCUT2D eigenvalue weighted by atomic mass is 35.5. The third kappa shape index (κ3) is 2.02. The first-order chi connectivity index (χ1) is 16.2. The summed E-state index contributed by atoms with van der Waals surface area (Å²) in [5, 5.41) is 0.369. The molecule has 6 atom stereocenters. The molecule has 2 heterocycles. The maximum Gasteiger partial charge on any atom is 0.167 e. The van der Waals surface area contributed by atoms with Gasteiger partial charge in [0, 0.05) is 11.8 Å². The van der Waals surface area contributed by atoms with E-state index in [2.05, 4.69) is 12.1 Å². The summed E-state index contributed by atoms with van der Waals surface area (Å²) >= 11 is 42.9. The Morgan fingerprint density at radius 2 is 0.882 bits per heavy atom. The van der Waals surface area contributed by atoms with Crippen LogP contribution in [0.1, 0.15) is 22.3 Å². The van der Waals surface area contributed by atoms with Crippen LogP contribution in [0.5, 0.6) is 0 Å². The number of halogens is 6. The Hall–Kier alpha value is -0.900. The Labute approximate surface area is 227 Å². The molecule has 0 unspecified atom stereocenters. The summed E-state index contributed by atoms with van der Waals surface area (Å²) in [6.07, 6.45) is 0. The van der Waals surface area contributed by atoms with Crippen LogP contribution in [0.4, 0.5) is 0 Å². The summed E-state index contributed by atoms with van der Waals surface area (Å²) in [5.74, 6) is -0.997. The molecule has 34 heavy (non-hydrogen) atoms. The van der Waals surface area contributed by atoms with Crippen molar-refractivity contribution < 1.29 is 4.74 Å². The average molecular weight is 569 g/mol. The maximum atomic E-state index is 7.47. The molecular formula is C27H16Cl6O. The Morgan fingerprint density at radius 3 is 1.26 bits per heavy atom. The van der Waals surface area contributed by atoms with Crippen molar-refractivity contribution in [1.82, 2.24) is 0 Å². The smallest absolute Gasteiger partial charge is 0.167 e. The molecule has 0 radical (unpaired) electrons. The summed E-state index contributed by atoms with van der Waals surface area (Å²) in [5.41, 5.74) is 1.89. The van der Waals surface area contributed by atoms with Crippen molar-refractivity contribution in [2.75, 3.05) is 0 Å². The Kier molecular flexibility index (Phi) is 4.39. The van der Waals surface area contributed by atoms with Gasteiger partial charge in [-0.3, -0.25) is 0 Å². The van der Waals surface area contributed by atoms with Crippen molar-refractivity contribution in [3.05, 3.63) is 117 Å². The van der Waals surface area contributed by atoms with Gasteiger partial charge in [0.05, 0.1) is 10.1 Å². The monoisotopic (exact) mass is 566 g/mol. The van der Waals surface area contributed by atoms with Gasteiger partial charge < -0.3 is 4.74 Å². The fourth-order valence-electron chi connectivity index (χ4n) is 7.13. The van der Waals surface area contributed by atoms with Gasteiger partial charge in [-0.2, -0.15) is 0 Å². The lowest BCUT2D eigenvalue weighted by molar-refractivity contribution is -0.0650. The molecule has 4 aliphatic rings. The molecule has 4 bridgehead atoms. The fraction of sp³-hybridized carbons (Fsp3) is 0.259. The SMILES string of the molecule is ClC1=C(Cl)[C@]2(Cl)[C@H]3[C@H]([C@@]4(c5ccccc5)O[C@]3(c3ccccc3)c3ccccc34)[C@@]1(Cl)C2(Cl)Cl. The molecule has 0 aromatic heterocycles. The number of alkyl halides is 4. The van der Waals surface area contributed by atoms with E-state index in [1.807, 2.05) is 72.8 Å². The molecule has 1 nitrogen and oxygen atoms in total. The minimum Gasteiger partial charge on any atom is -0.349 e. The van der Waals surface area contributed by atoms with Crippen LogP contribution >= 0.6 is 69.6 Å². The number of fused-ring (bicyclic) bond motifs is 12. The third-order valence-electron chi connectivity index (χ3n) is 8.27. The van der Waals surface area contributed by atoms with Crippen LogP contribution in [0.2, 0.25) is 0 Å². The van der Waals surface area contributed by atoms with E-state index in [0.717, 1.165) is 22.3 Å². The minimum absolute atomic E-state index is 0.184. The van der Waals surface area contributed by atoms with Crippen molar-refractivity contribution in [3.8, 4) is 0 Å². The maximum absolute atomic E-state index is 7.47. The van der Waals surface area contributed by atoms with E-state index in [-0.39, 0.29) is 10.1 Å². The van der Waals surface area contributed by atoms with Crippen LogP contribution < -0.4 is 0 Å². The number of hydrogen-bond acceptors (Lipinski definition) is 1. The molecule has 1 saturated heterocycles. The zero-order valence-electron chi connectivity index (χ0n) is 17.4. The Morgan fingerprint density at radius 1 is 0.529 bits per heavy atom. The van der Waals surface area contributed by atoms with E-state index >= 15 is 0 Å². The molecule has 3 aromatic carbocycles. The molecule has 2 aliphatic heterocycles. The van der Waals surface area contributed by atoms with Crippen molar-refractivity contribution in [2.45, 2.75) is 25.3 Å². The van der Waals surface area contributed by atoms with E-state index in [1.54, 1.807) is 0 Å². The number of allylic oxidation sites excluding steroid dienone is 2. The van der Waals surface area contributed by atoms with Crippen LogP contribution in [0.25, 0.3) is 0 Å². The second kappa shape index (κ2) is 6.69. The molecule has 3 aromatic rings. The molecule has 7 heteroatoms. The van der Waals surface area contributed by atoms with Crippen LogP contribution in [-0.2, 0) is 15.9 Å². The normalized spacial score (nSPS) is 40.5. The summed E-state index contributed by atoms with van der Waals surface area (Å²) in [4.78, 5) is -2.94. The highest BCUT2D eigenvalue weighted by Crippen LogP contribution is 2.87. The van der Waals surface area contributed by atoms with Crippen molar-refractivity contribution in [3.63, 3.8) is 0 Å². The van der Waals surface area contributed by atoms with Gasteiger partial charge in [-0.25, -0.2) is 0 Å². The lowest BCUT2D eigenvalue weighted by Crippen LogP contribution is -2.51. The van der Waals surface area contributed by atoms with Crippen LogP contribution in [-0.4, -0.2) is 14.1 Å². The van der Waals surface area contributed by atoms with Crippen molar-refractivity contribution in [2.24, 2.45) is 11.8 Å². The van der Waals surface area contributed by atoms with Gasteiger partial charge in [-0.05, 0) is 22.3 Å². The van der Waals surface area contributed by atoms with Gasteiger partial charge in [0.1, 0.15) is 21.0 Å². The standard InChI is InChI=1S/C27H16Cl6O/c28-21-22(29)26(31)20-19(25(21,30)27(26,32)33)23(15-9-3-1-4-10-15)17-13-7-8-14-18(17)24(20,34-23)16-11-5-2-6-12-16/h1-14,19-20H/t19-,20+,23+,24-,25+,26-. The lowest BCUT2D eigenvalue weighted by Gasteiger charge is -2.46. The van der Waals surface area contributed by atoms with E-state index < -0.39 is 37.1 Å².